The number of rotatable bonds is 2. The summed E-state index contributed by atoms with van der Waals surface area (Å²) in [6, 6.07) is 6.98. The van der Waals surface area contributed by atoms with Crippen molar-refractivity contribution < 1.29 is 9.18 Å². The van der Waals surface area contributed by atoms with Crippen LogP contribution in [0.4, 0.5) is 4.39 Å². The van der Waals surface area contributed by atoms with E-state index in [0.29, 0.717) is 5.92 Å². The first-order chi connectivity index (χ1) is 9.65. The number of carbonyl (C=O) groups excluding carboxylic acids is 1. The molecular weight excluding hydrogens is 255 g/mol. The monoisotopic (exact) mass is 276 g/mol. The molecule has 2 aliphatic heterocycles. The summed E-state index contributed by atoms with van der Waals surface area (Å²) in [5.41, 5.74) is 1.14. The minimum Gasteiger partial charge on any atom is -0.339 e. The Morgan fingerprint density at radius 2 is 2.10 bits per heavy atom. The zero-order valence-electron chi connectivity index (χ0n) is 11.8. The molecule has 0 aromatic heterocycles. The van der Waals surface area contributed by atoms with Gasteiger partial charge in [-0.05, 0) is 44.0 Å². The molecule has 3 atom stereocenters. The van der Waals surface area contributed by atoms with E-state index in [2.05, 4.69) is 12.2 Å². The molecule has 2 aliphatic rings. The fourth-order valence-electron chi connectivity index (χ4n) is 3.41. The van der Waals surface area contributed by atoms with E-state index in [1.165, 1.54) is 12.1 Å². The van der Waals surface area contributed by atoms with Gasteiger partial charge in [-0.3, -0.25) is 4.79 Å². The molecule has 0 saturated carbocycles. The lowest BCUT2D eigenvalue weighted by Gasteiger charge is -2.24. The summed E-state index contributed by atoms with van der Waals surface area (Å²) in [6.45, 7) is 4.63. The SMILES string of the molecule is CC1CC(c2ccc(F)cc2)CN1C(=O)C1CCNC1. The lowest BCUT2D eigenvalue weighted by Crippen LogP contribution is -2.39. The van der Waals surface area contributed by atoms with Gasteiger partial charge in [0.15, 0.2) is 0 Å². The summed E-state index contributed by atoms with van der Waals surface area (Å²) in [6.07, 6.45) is 1.92. The van der Waals surface area contributed by atoms with Crippen LogP contribution in [0.15, 0.2) is 24.3 Å². The van der Waals surface area contributed by atoms with Gasteiger partial charge in [-0.1, -0.05) is 12.1 Å². The van der Waals surface area contributed by atoms with Crippen LogP contribution < -0.4 is 5.32 Å². The molecule has 3 rings (SSSR count). The van der Waals surface area contributed by atoms with Crippen LogP contribution in [0.25, 0.3) is 0 Å². The van der Waals surface area contributed by atoms with Crippen LogP contribution in [0, 0.1) is 11.7 Å². The Kier molecular flexibility index (Phi) is 3.74. The topological polar surface area (TPSA) is 32.3 Å². The number of amides is 1. The highest BCUT2D eigenvalue weighted by atomic mass is 19.1. The molecule has 3 nitrogen and oxygen atoms in total. The van der Waals surface area contributed by atoms with Crippen molar-refractivity contribution in [2.75, 3.05) is 19.6 Å². The molecular formula is C16H21FN2O. The normalized spacial score (nSPS) is 29.9. The van der Waals surface area contributed by atoms with Gasteiger partial charge in [0.25, 0.3) is 0 Å². The molecule has 20 heavy (non-hydrogen) atoms. The molecule has 0 radical (unpaired) electrons. The number of nitrogens with zero attached hydrogens (tertiary/aromatic N) is 1. The van der Waals surface area contributed by atoms with Gasteiger partial charge in [0.2, 0.25) is 5.91 Å². The lowest BCUT2D eigenvalue weighted by molar-refractivity contribution is -0.135. The van der Waals surface area contributed by atoms with E-state index in [4.69, 9.17) is 0 Å². The van der Waals surface area contributed by atoms with Crippen LogP contribution in [0.1, 0.15) is 31.2 Å². The highest BCUT2D eigenvalue weighted by Gasteiger charge is 2.36. The molecule has 0 spiro atoms. The maximum absolute atomic E-state index is 13.0. The molecule has 1 aromatic rings. The van der Waals surface area contributed by atoms with Crippen LogP contribution in [0.5, 0.6) is 0 Å². The zero-order chi connectivity index (χ0) is 14.1. The Morgan fingerprint density at radius 1 is 1.35 bits per heavy atom. The van der Waals surface area contributed by atoms with Crippen LogP contribution >= 0.6 is 0 Å². The molecule has 1 amide bonds. The lowest BCUT2D eigenvalue weighted by atomic mass is 9.97. The maximum Gasteiger partial charge on any atom is 0.227 e. The second-order valence-electron chi connectivity index (χ2n) is 6.01. The van der Waals surface area contributed by atoms with Crippen molar-refractivity contribution in [1.82, 2.24) is 10.2 Å². The molecule has 0 bridgehead atoms. The minimum atomic E-state index is -0.204. The second-order valence-corrected chi connectivity index (χ2v) is 6.01. The first kappa shape index (κ1) is 13.6. The van der Waals surface area contributed by atoms with E-state index in [0.717, 1.165) is 38.0 Å². The van der Waals surface area contributed by atoms with Crippen molar-refractivity contribution in [1.29, 1.82) is 0 Å². The average Bonchev–Trinajstić information content (AvgIpc) is 3.08. The molecule has 4 heteroatoms. The van der Waals surface area contributed by atoms with Crippen molar-refractivity contribution in [3.63, 3.8) is 0 Å². The third-order valence-corrected chi connectivity index (χ3v) is 4.61. The van der Waals surface area contributed by atoms with E-state index in [-0.39, 0.29) is 23.7 Å². The number of carbonyl (C=O) groups is 1. The summed E-state index contributed by atoms with van der Waals surface area (Å²) in [5.74, 6) is 0.560. The van der Waals surface area contributed by atoms with Crippen LogP contribution in [-0.2, 0) is 4.79 Å². The smallest absolute Gasteiger partial charge is 0.227 e. The highest BCUT2D eigenvalue weighted by molar-refractivity contribution is 5.80. The van der Waals surface area contributed by atoms with E-state index in [1.807, 2.05) is 17.0 Å². The average molecular weight is 276 g/mol. The van der Waals surface area contributed by atoms with Crippen molar-refractivity contribution in [2.24, 2.45) is 5.92 Å². The summed E-state index contributed by atoms with van der Waals surface area (Å²) < 4.78 is 13.0. The van der Waals surface area contributed by atoms with Gasteiger partial charge in [0.1, 0.15) is 5.82 Å². The predicted octanol–water partition coefficient (Wildman–Crippen LogP) is 2.14. The molecule has 3 unspecified atom stereocenters. The highest BCUT2D eigenvalue weighted by Crippen LogP contribution is 2.33. The molecule has 1 aromatic carbocycles. The Balaban J connectivity index is 1.69. The van der Waals surface area contributed by atoms with Crippen molar-refractivity contribution in [3.05, 3.63) is 35.6 Å². The Bertz CT molecular complexity index is 482. The van der Waals surface area contributed by atoms with Crippen LogP contribution in [-0.4, -0.2) is 36.5 Å². The zero-order valence-corrected chi connectivity index (χ0v) is 11.8. The molecule has 2 heterocycles. The number of benzene rings is 1. The van der Waals surface area contributed by atoms with Gasteiger partial charge in [-0.15, -0.1) is 0 Å². The fraction of sp³-hybridized carbons (Fsp3) is 0.562. The second kappa shape index (κ2) is 5.52. The van der Waals surface area contributed by atoms with Gasteiger partial charge in [-0.25, -0.2) is 4.39 Å². The van der Waals surface area contributed by atoms with Gasteiger partial charge in [-0.2, -0.15) is 0 Å². The number of hydrogen-bond acceptors (Lipinski definition) is 2. The van der Waals surface area contributed by atoms with E-state index in [1.54, 1.807) is 0 Å². The fourth-order valence-corrected chi connectivity index (χ4v) is 3.41. The first-order valence-corrected chi connectivity index (χ1v) is 7.42. The van der Waals surface area contributed by atoms with Gasteiger partial charge in [0, 0.05) is 25.0 Å². The van der Waals surface area contributed by atoms with Crippen molar-refractivity contribution in [3.8, 4) is 0 Å². The summed E-state index contributed by atoms with van der Waals surface area (Å²) in [5, 5.41) is 3.25. The quantitative estimate of drug-likeness (QED) is 0.897. The van der Waals surface area contributed by atoms with E-state index >= 15 is 0 Å². The molecule has 0 aliphatic carbocycles. The third-order valence-electron chi connectivity index (χ3n) is 4.61. The van der Waals surface area contributed by atoms with E-state index in [9.17, 15) is 9.18 Å². The Labute approximate surface area is 119 Å². The first-order valence-electron chi connectivity index (χ1n) is 7.42. The maximum atomic E-state index is 13.0. The number of nitrogens with one attached hydrogen (secondary N) is 1. The van der Waals surface area contributed by atoms with Crippen LogP contribution in [0.2, 0.25) is 0 Å². The number of halogens is 1. The molecule has 1 N–H and O–H groups in total. The van der Waals surface area contributed by atoms with Crippen molar-refractivity contribution in [2.45, 2.75) is 31.7 Å². The molecule has 2 saturated heterocycles. The van der Waals surface area contributed by atoms with Gasteiger partial charge < -0.3 is 10.2 Å². The molecule has 2 fully saturated rings. The number of likely N-dealkylation sites (tertiary alicyclic amines) is 1. The largest absolute Gasteiger partial charge is 0.339 e. The summed E-state index contributed by atoms with van der Waals surface area (Å²) in [4.78, 5) is 14.5. The standard InChI is InChI=1S/C16H21FN2O/c1-11-8-14(12-2-4-15(17)5-3-12)10-19(11)16(20)13-6-7-18-9-13/h2-5,11,13-14,18H,6-10H2,1H3. The number of hydrogen-bond donors (Lipinski definition) is 1. The van der Waals surface area contributed by atoms with Crippen molar-refractivity contribution >= 4 is 5.91 Å². The Hall–Kier alpha value is -1.42. The minimum absolute atomic E-state index is 0.143. The molecule has 108 valence electrons. The van der Waals surface area contributed by atoms with E-state index < -0.39 is 0 Å². The predicted molar refractivity (Wildman–Crippen MR) is 75.9 cm³/mol. The summed E-state index contributed by atoms with van der Waals surface area (Å²) in [7, 11) is 0. The summed E-state index contributed by atoms with van der Waals surface area (Å²) >= 11 is 0. The van der Waals surface area contributed by atoms with Gasteiger partial charge in [0.05, 0.1) is 5.92 Å². The van der Waals surface area contributed by atoms with Crippen LogP contribution in [0.3, 0.4) is 0 Å². The third kappa shape index (κ3) is 2.57. The van der Waals surface area contributed by atoms with Gasteiger partial charge >= 0.3 is 0 Å². The Morgan fingerprint density at radius 3 is 2.75 bits per heavy atom.